The summed E-state index contributed by atoms with van der Waals surface area (Å²) in [6, 6.07) is 8.02. The molecule has 2 heterocycles. The van der Waals surface area contributed by atoms with Crippen LogP contribution in [-0.2, 0) is 9.31 Å². The number of oxazole rings is 1. The Morgan fingerprint density at radius 3 is 2.46 bits per heavy atom. The number of aromatic nitrogens is 1. The maximum atomic E-state index is 6.16. The third kappa shape index (κ3) is 4.31. The Hall–Kier alpha value is -2.11. The number of allylic oxidation sites excluding steroid dienone is 3. The third-order valence-corrected chi connectivity index (χ3v) is 5.44. The van der Waals surface area contributed by atoms with Crippen molar-refractivity contribution in [1.29, 1.82) is 0 Å². The van der Waals surface area contributed by atoms with E-state index in [1.165, 1.54) is 0 Å². The molecule has 0 spiro atoms. The molecule has 3 rings (SSSR count). The summed E-state index contributed by atoms with van der Waals surface area (Å²) in [4.78, 5) is 4.60. The molecule has 28 heavy (non-hydrogen) atoms. The van der Waals surface area contributed by atoms with Crippen LogP contribution in [-0.4, -0.2) is 23.3 Å². The molecule has 148 valence electrons. The molecule has 0 unspecified atom stereocenters. The lowest BCUT2D eigenvalue weighted by molar-refractivity contribution is 0.00578. The van der Waals surface area contributed by atoms with Crippen molar-refractivity contribution in [2.24, 2.45) is 0 Å². The summed E-state index contributed by atoms with van der Waals surface area (Å²) >= 11 is 0. The van der Waals surface area contributed by atoms with Gasteiger partial charge in [-0.15, -0.1) is 0 Å². The lowest BCUT2D eigenvalue weighted by atomic mass is 9.78. The van der Waals surface area contributed by atoms with Gasteiger partial charge in [-0.2, -0.15) is 0 Å². The summed E-state index contributed by atoms with van der Waals surface area (Å²) in [5.74, 6) is 1.38. The summed E-state index contributed by atoms with van der Waals surface area (Å²) in [6.45, 7) is 12.4. The van der Waals surface area contributed by atoms with Crippen molar-refractivity contribution in [1.82, 2.24) is 4.98 Å². The predicted octanol–water partition coefficient (Wildman–Crippen LogP) is 5.32. The fourth-order valence-corrected chi connectivity index (χ4v) is 2.97. The van der Waals surface area contributed by atoms with E-state index >= 15 is 0 Å². The Morgan fingerprint density at radius 1 is 1.07 bits per heavy atom. The van der Waals surface area contributed by atoms with E-state index in [1.807, 2.05) is 49.4 Å². The Morgan fingerprint density at radius 2 is 1.79 bits per heavy atom. The maximum absolute atomic E-state index is 6.16. The van der Waals surface area contributed by atoms with Crippen molar-refractivity contribution >= 4 is 18.7 Å². The van der Waals surface area contributed by atoms with Gasteiger partial charge in [-0.1, -0.05) is 43.7 Å². The zero-order valence-corrected chi connectivity index (χ0v) is 17.8. The standard InChI is InChI=1S/C23H30BNO3/c1-7-8-9-10-11-15-20-17(2)25-21(26-20)18-13-12-14-19(16-18)24-27-22(3,4)23(5,6)28-24/h9-16H,7-8H2,1-6H3. The average Bonchev–Trinajstić information content (AvgIpc) is 3.11. The molecule has 0 bridgehead atoms. The van der Waals surface area contributed by atoms with Crippen LogP contribution in [0.4, 0.5) is 0 Å². The fourth-order valence-electron chi connectivity index (χ4n) is 2.97. The summed E-state index contributed by atoms with van der Waals surface area (Å²) < 4.78 is 18.3. The topological polar surface area (TPSA) is 44.5 Å². The van der Waals surface area contributed by atoms with Crippen molar-refractivity contribution in [3.8, 4) is 11.5 Å². The molecular weight excluding hydrogens is 349 g/mol. The molecule has 0 radical (unpaired) electrons. The first kappa shape index (κ1) is 20.6. The largest absolute Gasteiger partial charge is 0.494 e. The van der Waals surface area contributed by atoms with Crippen LogP contribution in [0.3, 0.4) is 0 Å². The number of rotatable bonds is 6. The summed E-state index contributed by atoms with van der Waals surface area (Å²) in [5, 5.41) is 0. The molecule has 5 heteroatoms. The monoisotopic (exact) mass is 379 g/mol. The summed E-state index contributed by atoms with van der Waals surface area (Å²) in [6.07, 6.45) is 10.4. The van der Waals surface area contributed by atoms with Crippen LogP contribution in [0.1, 0.15) is 58.9 Å². The van der Waals surface area contributed by atoms with E-state index in [2.05, 4.69) is 45.7 Å². The minimum Gasteiger partial charge on any atom is -0.436 e. The van der Waals surface area contributed by atoms with Crippen LogP contribution >= 0.6 is 0 Å². The van der Waals surface area contributed by atoms with Crippen molar-refractivity contribution in [2.45, 2.75) is 65.6 Å². The zero-order chi connectivity index (χ0) is 20.4. The van der Waals surface area contributed by atoms with E-state index in [9.17, 15) is 0 Å². The Kier molecular flexibility index (Phi) is 5.97. The molecule has 1 aromatic carbocycles. The number of aryl methyl sites for hydroxylation is 1. The maximum Gasteiger partial charge on any atom is 0.494 e. The molecule has 1 aromatic heterocycles. The second-order valence-electron chi connectivity index (χ2n) is 8.26. The molecule has 1 fully saturated rings. The van der Waals surface area contributed by atoms with Crippen LogP contribution in [0.5, 0.6) is 0 Å². The molecule has 0 aliphatic carbocycles. The normalized spacial score (nSPS) is 18.6. The Labute approximate surface area is 168 Å². The van der Waals surface area contributed by atoms with Crippen molar-refractivity contribution in [3.05, 3.63) is 53.9 Å². The van der Waals surface area contributed by atoms with Crippen molar-refractivity contribution in [3.63, 3.8) is 0 Å². The second-order valence-corrected chi connectivity index (χ2v) is 8.26. The molecule has 2 aromatic rings. The Balaban J connectivity index is 1.81. The number of nitrogens with zero attached hydrogens (tertiary/aromatic N) is 1. The molecule has 1 aliphatic heterocycles. The van der Waals surface area contributed by atoms with Gasteiger partial charge in [0.1, 0.15) is 0 Å². The summed E-state index contributed by atoms with van der Waals surface area (Å²) in [7, 11) is -0.399. The van der Waals surface area contributed by atoms with E-state index in [1.54, 1.807) is 0 Å². The van der Waals surface area contributed by atoms with Crippen LogP contribution in [0.25, 0.3) is 17.5 Å². The highest BCUT2D eigenvalue weighted by molar-refractivity contribution is 6.62. The molecule has 1 saturated heterocycles. The van der Waals surface area contributed by atoms with Gasteiger partial charge in [0.2, 0.25) is 5.89 Å². The average molecular weight is 379 g/mol. The van der Waals surface area contributed by atoms with E-state index < -0.39 is 7.12 Å². The highest BCUT2D eigenvalue weighted by Gasteiger charge is 2.51. The third-order valence-electron chi connectivity index (χ3n) is 5.44. The SMILES string of the molecule is CCCC=CC=Cc1oc(-c2cccc(B3OC(C)(C)C(C)(C)O3)c2)nc1C. The summed E-state index contributed by atoms with van der Waals surface area (Å²) in [5.41, 5.74) is 2.02. The Bertz CT molecular complexity index is 864. The van der Waals surface area contributed by atoms with Crippen LogP contribution < -0.4 is 5.46 Å². The van der Waals surface area contributed by atoms with Crippen molar-refractivity contribution < 1.29 is 13.7 Å². The molecule has 1 aliphatic rings. The molecule has 0 atom stereocenters. The second kappa shape index (κ2) is 8.10. The van der Waals surface area contributed by atoms with Gasteiger partial charge in [-0.05, 0) is 64.7 Å². The minimum absolute atomic E-state index is 0.365. The number of unbranched alkanes of at least 4 members (excludes halogenated alkanes) is 1. The van der Waals surface area contributed by atoms with Gasteiger partial charge in [-0.25, -0.2) is 4.98 Å². The minimum atomic E-state index is -0.399. The molecule has 0 N–H and O–H groups in total. The zero-order valence-electron chi connectivity index (χ0n) is 17.8. The number of hydrogen-bond donors (Lipinski definition) is 0. The quantitative estimate of drug-likeness (QED) is 0.503. The lowest BCUT2D eigenvalue weighted by Gasteiger charge is -2.32. The van der Waals surface area contributed by atoms with Gasteiger partial charge >= 0.3 is 7.12 Å². The lowest BCUT2D eigenvalue weighted by Crippen LogP contribution is -2.41. The highest BCUT2D eigenvalue weighted by atomic mass is 16.7. The van der Waals surface area contributed by atoms with Crippen LogP contribution in [0.15, 0.2) is 46.9 Å². The first-order chi connectivity index (χ1) is 13.2. The van der Waals surface area contributed by atoms with E-state index in [0.29, 0.717) is 5.89 Å². The van der Waals surface area contributed by atoms with Gasteiger partial charge in [0, 0.05) is 5.56 Å². The first-order valence-electron chi connectivity index (χ1n) is 10.00. The van der Waals surface area contributed by atoms with E-state index in [4.69, 9.17) is 13.7 Å². The highest BCUT2D eigenvalue weighted by Crippen LogP contribution is 2.36. The molecule has 4 nitrogen and oxygen atoms in total. The van der Waals surface area contributed by atoms with Crippen LogP contribution in [0.2, 0.25) is 0 Å². The van der Waals surface area contributed by atoms with Gasteiger partial charge in [-0.3, -0.25) is 0 Å². The van der Waals surface area contributed by atoms with Gasteiger partial charge in [0.25, 0.3) is 0 Å². The van der Waals surface area contributed by atoms with Crippen LogP contribution in [0, 0.1) is 6.92 Å². The number of hydrogen-bond acceptors (Lipinski definition) is 4. The van der Waals surface area contributed by atoms with E-state index in [0.717, 1.165) is 35.3 Å². The smallest absolute Gasteiger partial charge is 0.436 e. The van der Waals surface area contributed by atoms with E-state index in [-0.39, 0.29) is 11.2 Å². The van der Waals surface area contributed by atoms with Gasteiger partial charge in [0.05, 0.1) is 16.9 Å². The molecular formula is C23H30BNO3. The number of benzene rings is 1. The fraction of sp³-hybridized carbons (Fsp3) is 0.435. The molecule has 0 saturated carbocycles. The van der Waals surface area contributed by atoms with Gasteiger partial charge < -0.3 is 13.7 Å². The van der Waals surface area contributed by atoms with Crippen molar-refractivity contribution in [2.75, 3.05) is 0 Å². The molecule has 0 amide bonds. The predicted molar refractivity (Wildman–Crippen MR) is 115 cm³/mol. The first-order valence-corrected chi connectivity index (χ1v) is 10.00. The van der Waals surface area contributed by atoms with Gasteiger partial charge in [0.15, 0.2) is 5.76 Å².